The van der Waals surface area contributed by atoms with Gasteiger partial charge in [-0.05, 0) is 49.9 Å². The zero-order valence-corrected chi connectivity index (χ0v) is 17.1. The van der Waals surface area contributed by atoms with Crippen molar-refractivity contribution in [3.8, 4) is 0 Å². The fourth-order valence-electron chi connectivity index (χ4n) is 4.37. The molecule has 0 aromatic carbocycles. The maximum atomic E-state index is 12.2. The first-order valence-electron chi connectivity index (χ1n) is 10.7. The predicted octanol–water partition coefficient (Wildman–Crippen LogP) is 5.36. The second-order valence-electron chi connectivity index (χ2n) is 9.08. The van der Waals surface area contributed by atoms with Crippen molar-refractivity contribution in [2.24, 2.45) is 17.3 Å². The summed E-state index contributed by atoms with van der Waals surface area (Å²) in [7, 11) is 0. The molecule has 1 unspecified atom stereocenters. The molecule has 26 heavy (non-hydrogen) atoms. The summed E-state index contributed by atoms with van der Waals surface area (Å²) in [4.78, 5) is 23.1. The highest BCUT2D eigenvalue weighted by atomic mass is 16.4. The van der Waals surface area contributed by atoms with Crippen LogP contribution in [-0.2, 0) is 9.59 Å². The topological polar surface area (TPSA) is 74.6 Å². The molecule has 0 heterocycles. The summed E-state index contributed by atoms with van der Waals surface area (Å²) >= 11 is 0. The molecule has 0 aromatic heterocycles. The largest absolute Gasteiger partial charge is 0.481 e. The van der Waals surface area contributed by atoms with E-state index in [0.717, 1.165) is 57.8 Å². The van der Waals surface area contributed by atoms with Crippen LogP contribution in [0.1, 0.15) is 104 Å². The molecule has 0 spiro atoms. The number of aliphatic hydroxyl groups excluding tert-OH is 1. The Morgan fingerprint density at radius 1 is 1.15 bits per heavy atom. The average molecular weight is 369 g/mol. The zero-order valence-electron chi connectivity index (χ0n) is 17.1. The minimum Gasteiger partial charge on any atom is -0.481 e. The molecular weight excluding hydrogens is 328 g/mol. The van der Waals surface area contributed by atoms with Gasteiger partial charge in [0, 0.05) is 12.3 Å². The van der Waals surface area contributed by atoms with E-state index in [-0.39, 0.29) is 23.9 Å². The van der Waals surface area contributed by atoms with Crippen LogP contribution >= 0.6 is 0 Å². The summed E-state index contributed by atoms with van der Waals surface area (Å²) in [6.45, 7) is 6.18. The number of Topliss-reactive ketones (excluding diaryl/α,β-unsaturated/α-hetero) is 1. The molecule has 0 aliphatic heterocycles. The Balaban J connectivity index is 2.30. The van der Waals surface area contributed by atoms with Gasteiger partial charge >= 0.3 is 5.97 Å². The molecule has 1 saturated carbocycles. The minimum absolute atomic E-state index is 0.167. The van der Waals surface area contributed by atoms with E-state index in [0.29, 0.717) is 18.1 Å². The Bertz CT molecular complexity index is 430. The van der Waals surface area contributed by atoms with Crippen LogP contribution in [-0.4, -0.2) is 28.1 Å². The number of carbonyl (C=O) groups excluding carboxylic acids is 1. The summed E-state index contributed by atoms with van der Waals surface area (Å²) in [5, 5.41) is 19.1. The lowest BCUT2D eigenvalue weighted by atomic mass is 9.82. The van der Waals surface area contributed by atoms with Gasteiger partial charge in [-0.25, -0.2) is 0 Å². The third-order valence-electron chi connectivity index (χ3n) is 6.00. The smallest absolute Gasteiger partial charge is 0.303 e. The summed E-state index contributed by atoms with van der Waals surface area (Å²) in [5.41, 5.74) is -0.173. The van der Waals surface area contributed by atoms with E-state index in [1.807, 2.05) is 13.8 Å². The fraction of sp³-hybridized carbons (Fsp3) is 0.909. The van der Waals surface area contributed by atoms with Gasteiger partial charge in [0.2, 0.25) is 0 Å². The van der Waals surface area contributed by atoms with Gasteiger partial charge in [-0.2, -0.15) is 0 Å². The van der Waals surface area contributed by atoms with Gasteiger partial charge in [0.1, 0.15) is 5.78 Å². The van der Waals surface area contributed by atoms with Crippen molar-refractivity contribution in [2.45, 2.75) is 110 Å². The van der Waals surface area contributed by atoms with E-state index < -0.39 is 5.97 Å². The first kappa shape index (κ1) is 23.1. The molecule has 0 aromatic rings. The van der Waals surface area contributed by atoms with Gasteiger partial charge in [-0.1, -0.05) is 52.9 Å². The number of carboxylic acid groups (broad SMARTS) is 1. The molecule has 1 fully saturated rings. The molecule has 4 nitrogen and oxygen atoms in total. The number of aliphatic carboxylic acids is 1. The van der Waals surface area contributed by atoms with Crippen LogP contribution in [0.5, 0.6) is 0 Å². The number of unbranched alkanes of at least 4 members (excludes halogenated alkanes) is 3. The number of ketones is 1. The van der Waals surface area contributed by atoms with Crippen LogP contribution in [0.15, 0.2) is 0 Å². The third-order valence-corrected chi connectivity index (χ3v) is 6.00. The van der Waals surface area contributed by atoms with Crippen LogP contribution in [0, 0.1) is 17.3 Å². The van der Waals surface area contributed by atoms with Gasteiger partial charge in [-0.3, -0.25) is 9.59 Å². The number of carboxylic acids is 1. The molecule has 4 heteroatoms. The van der Waals surface area contributed by atoms with E-state index in [4.69, 9.17) is 5.11 Å². The highest BCUT2D eigenvalue weighted by Crippen LogP contribution is 2.37. The molecule has 152 valence electrons. The zero-order chi connectivity index (χ0) is 19.6. The van der Waals surface area contributed by atoms with Crippen LogP contribution in [0.25, 0.3) is 0 Å². The Hall–Kier alpha value is -0.900. The summed E-state index contributed by atoms with van der Waals surface area (Å²) in [6, 6.07) is 0. The van der Waals surface area contributed by atoms with Gasteiger partial charge in [-0.15, -0.1) is 0 Å². The Kier molecular flexibility index (Phi) is 10.4. The fourth-order valence-corrected chi connectivity index (χ4v) is 4.37. The molecule has 1 aliphatic rings. The number of aliphatic hydroxyl groups is 1. The SMILES string of the molecule is CCCCCC(O)CC[C@H]1CCC(=O)[C@@H]1CCCCC(C)(C)CC(=O)O. The van der Waals surface area contributed by atoms with Crippen molar-refractivity contribution in [1.82, 2.24) is 0 Å². The first-order valence-corrected chi connectivity index (χ1v) is 10.7. The lowest BCUT2D eigenvalue weighted by Crippen LogP contribution is -2.18. The molecule has 1 aliphatic carbocycles. The van der Waals surface area contributed by atoms with Gasteiger partial charge < -0.3 is 10.2 Å². The summed E-state index contributed by atoms with van der Waals surface area (Å²) in [5.74, 6) is 0.273. The van der Waals surface area contributed by atoms with Crippen LogP contribution in [0.3, 0.4) is 0 Å². The lowest BCUT2D eigenvalue weighted by Gasteiger charge is -2.23. The summed E-state index contributed by atoms with van der Waals surface area (Å²) in [6.07, 6.45) is 11.6. The number of hydrogen-bond donors (Lipinski definition) is 2. The quantitative estimate of drug-likeness (QED) is 0.404. The predicted molar refractivity (Wildman–Crippen MR) is 105 cm³/mol. The Labute approximate surface area is 159 Å². The van der Waals surface area contributed by atoms with E-state index in [1.54, 1.807) is 0 Å². The summed E-state index contributed by atoms with van der Waals surface area (Å²) < 4.78 is 0. The second kappa shape index (κ2) is 11.7. The standard InChI is InChI=1S/C22H40O4/c1-4-5-6-9-18(23)13-11-17-12-14-20(24)19(17)10-7-8-15-22(2,3)16-21(25)26/h17-19,23H,4-16H2,1-3H3,(H,25,26)/t17-,18?,19+/m0/s1. The molecule has 0 bridgehead atoms. The number of hydrogen-bond acceptors (Lipinski definition) is 3. The minimum atomic E-state index is -0.737. The van der Waals surface area contributed by atoms with Crippen LogP contribution in [0.2, 0.25) is 0 Å². The highest BCUT2D eigenvalue weighted by molar-refractivity contribution is 5.83. The van der Waals surface area contributed by atoms with Crippen molar-refractivity contribution in [3.63, 3.8) is 0 Å². The average Bonchev–Trinajstić information content (AvgIpc) is 2.89. The monoisotopic (exact) mass is 368 g/mol. The molecule has 0 amide bonds. The number of rotatable bonds is 14. The maximum absolute atomic E-state index is 12.2. The maximum Gasteiger partial charge on any atom is 0.303 e. The van der Waals surface area contributed by atoms with Gasteiger partial charge in [0.15, 0.2) is 0 Å². The van der Waals surface area contributed by atoms with E-state index in [1.165, 1.54) is 12.8 Å². The third kappa shape index (κ3) is 9.16. The van der Waals surface area contributed by atoms with E-state index in [9.17, 15) is 14.7 Å². The first-order chi connectivity index (χ1) is 12.2. The number of carbonyl (C=O) groups is 2. The molecular formula is C22H40O4. The lowest BCUT2D eigenvalue weighted by molar-refractivity contribution is -0.139. The normalized spacial score (nSPS) is 21.9. The van der Waals surface area contributed by atoms with Gasteiger partial charge in [0.05, 0.1) is 12.5 Å². The molecule has 0 radical (unpaired) electrons. The van der Waals surface area contributed by atoms with Crippen molar-refractivity contribution >= 4 is 11.8 Å². The Morgan fingerprint density at radius 2 is 1.88 bits per heavy atom. The van der Waals surface area contributed by atoms with Crippen molar-refractivity contribution in [3.05, 3.63) is 0 Å². The molecule has 0 saturated heterocycles. The van der Waals surface area contributed by atoms with Crippen molar-refractivity contribution in [1.29, 1.82) is 0 Å². The molecule has 2 N–H and O–H groups in total. The Morgan fingerprint density at radius 3 is 2.54 bits per heavy atom. The van der Waals surface area contributed by atoms with Gasteiger partial charge in [0.25, 0.3) is 0 Å². The van der Waals surface area contributed by atoms with E-state index >= 15 is 0 Å². The molecule has 3 atom stereocenters. The van der Waals surface area contributed by atoms with Crippen molar-refractivity contribution < 1.29 is 19.8 Å². The van der Waals surface area contributed by atoms with Crippen molar-refractivity contribution in [2.75, 3.05) is 0 Å². The van der Waals surface area contributed by atoms with Crippen LogP contribution in [0.4, 0.5) is 0 Å². The van der Waals surface area contributed by atoms with Crippen LogP contribution < -0.4 is 0 Å². The molecule has 1 rings (SSSR count). The van der Waals surface area contributed by atoms with E-state index in [2.05, 4.69) is 6.92 Å². The second-order valence-corrected chi connectivity index (χ2v) is 9.08. The highest BCUT2D eigenvalue weighted by Gasteiger charge is 2.34.